The van der Waals surface area contributed by atoms with Crippen LogP contribution < -0.4 is 16.4 Å². The second kappa shape index (κ2) is 14.1. The van der Waals surface area contributed by atoms with Crippen molar-refractivity contribution in [3.8, 4) is 0 Å². The average Bonchev–Trinajstić information content (AvgIpc) is 3.51. The summed E-state index contributed by atoms with van der Waals surface area (Å²) < 4.78 is 0. The second-order valence-electron chi connectivity index (χ2n) is 10.5. The van der Waals surface area contributed by atoms with E-state index in [2.05, 4.69) is 27.7 Å². The number of hydrogen-bond donors (Lipinski definition) is 3. The van der Waals surface area contributed by atoms with Crippen LogP contribution in [0.1, 0.15) is 55.7 Å². The van der Waals surface area contributed by atoms with Gasteiger partial charge in [0.25, 0.3) is 5.91 Å². The maximum Gasteiger partial charge on any atom is 0.270 e. The fraction of sp³-hybridized carbons (Fsp3) is 0.452. The van der Waals surface area contributed by atoms with Crippen LogP contribution in [0.4, 0.5) is 0 Å². The molecular weight excluding hydrogens is 490 g/mol. The van der Waals surface area contributed by atoms with Crippen LogP contribution in [0.2, 0.25) is 0 Å². The molecule has 1 saturated heterocycles. The van der Waals surface area contributed by atoms with E-state index in [0.717, 1.165) is 56.4 Å². The van der Waals surface area contributed by atoms with E-state index in [4.69, 9.17) is 5.73 Å². The van der Waals surface area contributed by atoms with Crippen LogP contribution >= 0.6 is 0 Å². The number of carbonyl (C=O) groups is 3. The van der Waals surface area contributed by atoms with Crippen molar-refractivity contribution in [3.05, 3.63) is 77.0 Å². The number of hydrogen-bond acceptors (Lipinski definition) is 5. The third kappa shape index (κ3) is 8.25. The number of benzene rings is 2. The van der Waals surface area contributed by atoms with Gasteiger partial charge < -0.3 is 21.3 Å². The minimum Gasteiger partial charge on any atom is -0.351 e. The summed E-state index contributed by atoms with van der Waals surface area (Å²) in [5.74, 6) is -0.202. The Morgan fingerprint density at radius 2 is 1.62 bits per heavy atom. The van der Waals surface area contributed by atoms with E-state index < -0.39 is 6.04 Å². The number of carbonyl (C=O) groups excluding carboxylic acids is 3. The Balaban J connectivity index is 1.34. The molecule has 39 heavy (non-hydrogen) atoms. The van der Waals surface area contributed by atoms with E-state index in [1.54, 1.807) is 17.9 Å². The van der Waals surface area contributed by atoms with Crippen LogP contribution in [-0.2, 0) is 27.5 Å². The number of nitrogens with two attached hydrogens (primary N) is 1. The Morgan fingerprint density at radius 3 is 2.26 bits per heavy atom. The van der Waals surface area contributed by atoms with E-state index in [1.807, 2.05) is 42.5 Å². The van der Waals surface area contributed by atoms with Crippen molar-refractivity contribution in [1.82, 2.24) is 20.4 Å². The van der Waals surface area contributed by atoms with Gasteiger partial charge in [0.05, 0.1) is 6.04 Å². The maximum absolute atomic E-state index is 13.4. The Morgan fingerprint density at radius 1 is 0.949 bits per heavy atom. The lowest BCUT2D eigenvalue weighted by molar-refractivity contribution is -0.131. The molecule has 8 nitrogen and oxygen atoms in total. The average molecular weight is 532 g/mol. The highest BCUT2D eigenvalue weighted by Gasteiger charge is 2.27. The monoisotopic (exact) mass is 531 g/mol. The van der Waals surface area contributed by atoms with Crippen LogP contribution in [-0.4, -0.2) is 59.7 Å². The first-order valence-electron chi connectivity index (χ1n) is 14.1. The molecule has 1 atom stereocenters. The SMILES string of the molecule is CCC(=O)N/C(=C/c1ccc(CNC(=O)[C@@H](N)C2CCCC2)cc1)C(=O)N1CCN(Cc2ccccc2)CC1. The molecule has 0 unspecified atom stereocenters. The molecule has 0 aromatic heterocycles. The Hall–Kier alpha value is -3.49. The van der Waals surface area contributed by atoms with Gasteiger partial charge in [0.2, 0.25) is 11.8 Å². The number of amides is 3. The maximum atomic E-state index is 13.4. The van der Waals surface area contributed by atoms with Gasteiger partial charge in [0, 0.05) is 45.7 Å². The third-order valence-corrected chi connectivity index (χ3v) is 7.70. The van der Waals surface area contributed by atoms with Crippen molar-refractivity contribution < 1.29 is 14.4 Å². The highest BCUT2D eigenvalue weighted by molar-refractivity contribution is 6.01. The van der Waals surface area contributed by atoms with Gasteiger partial charge in [-0.05, 0) is 41.5 Å². The van der Waals surface area contributed by atoms with Gasteiger partial charge in [-0.15, -0.1) is 0 Å². The first kappa shape index (κ1) is 28.5. The predicted molar refractivity (Wildman–Crippen MR) is 153 cm³/mol. The minimum absolute atomic E-state index is 0.107. The van der Waals surface area contributed by atoms with Crippen molar-refractivity contribution >= 4 is 23.8 Å². The Labute approximate surface area is 231 Å². The zero-order valence-corrected chi connectivity index (χ0v) is 22.9. The van der Waals surface area contributed by atoms with Crippen molar-refractivity contribution in [3.63, 3.8) is 0 Å². The van der Waals surface area contributed by atoms with E-state index in [0.29, 0.717) is 19.6 Å². The molecule has 3 amide bonds. The highest BCUT2D eigenvalue weighted by atomic mass is 16.2. The van der Waals surface area contributed by atoms with Crippen molar-refractivity contribution in [2.75, 3.05) is 26.2 Å². The Kier molecular flexibility index (Phi) is 10.3. The van der Waals surface area contributed by atoms with Crippen LogP contribution in [0.5, 0.6) is 0 Å². The van der Waals surface area contributed by atoms with Crippen LogP contribution in [0.3, 0.4) is 0 Å². The summed E-state index contributed by atoms with van der Waals surface area (Å²) in [5.41, 5.74) is 9.44. The molecule has 4 N–H and O–H groups in total. The molecule has 2 fully saturated rings. The molecule has 4 rings (SSSR count). The zero-order chi connectivity index (χ0) is 27.6. The molecule has 2 aromatic rings. The quantitative estimate of drug-likeness (QED) is 0.409. The summed E-state index contributed by atoms with van der Waals surface area (Å²) in [6, 6.07) is 17.5. The molecule has 1 aliphatic carbocycles. The lowest BCUT2D eigenvalue weighted by atomic mass is 9.98. The molecule has 2 aliphatic rings. The van der Waals surface area contributed by atoms with Gasteiger partial charge in [-0.3, -0.25) is 19.3 Å². The Bertz CT molecular complexity index is 1130. The molecule has 0 bridgehead atoms. The highest BCUT2D eigenvalue weighted by Crippen LogP contribution is 2.27. The number of nitrogens with one attached hydrogen (secondary N) is 2. The molecule has 208 valence electrons. The number of piperazine rings is 1. The molecule has 1 heterocycles. The fourth-order valence-corrected chi connectivity index (χ4v) is 5.25. The molecule has 1 saturated carbocycles. The van der Waals surface area contributed by atoms with E-state index >= 15 is 0 Å². The first-order chi connectivity index (χ1) is 18.9. The zero-order valence-electron chi connectivity index (χ0n) is 22.9. The number of rotatable bonds is 10. The molecule has 8 heteroatoms. The van der Waals surface area contributed by atoms with Gasteiger partial charge in [-0.25, -0.2) is 0 Å². The fourth-order valence-electron chi connectivity index (χ4n) is 5.25. The van der Waals surface area contributed by atoms with Gasteiger partial charge >= 0.3 is 0 Å². The summed E-state index contributed by atoms with van der Waals surface area (Å²) in [6.45, 7) is 5.79. The molecule has 0 radical (unpaired) electrons. The first-order valence-corrected chi connectivity index (χ1v) is 14.1. The predicted octanol–water partition coefficient (Wildman–Crippen LogP) is 3.03. The van der Waals surface area contributed by atoms with Gasteiger partial charge in [-0.1, -0.05) is 74.4 Å². The summed E-state index contributed by atoms with van der Waals surface area (Å²) in [7, 11) is 0. The van der Waals surface area contributed by atoms with Crippen LogP contribution in [0, 0.1) is 5.92 Å². The molecular formula is C31H41N5O3. The van der Waals surface area contributed by atoms with E-state index in [-0.39, 0.29) is 35.8 Å². The third-order valence-electron chi connectivity index (χ3n) is 7.70. The molecule has 0 spiro atoms. The van der Waals surface area contributed by atoms with Gasteiger partial charge in [-0.2, -0.15) is 0 Å². The molecule has 1 aliphatic heterocycles. The van der Waals surface area contributed by atoms with Crippen LogP contribution in [0.15, 0.2) is 60.3 Å². The van der Waals surface area contributed by atoms with Gasteiger partial charge in [0.15, 0.2) is 0 Å². The summed E-state index contributed by atoms with van der Waals surface area (Å²) in [6.07, 6.45) is 6.35. The normalized spacial score (nSPS) is 17.6. The van der Waals surface area contributed by atoms with E-state index in [1.165, 1.54) is 5.56 Å². The van der Waals surface area contributed by atoms with Crippen molar-refractivity contribution in [2.24, 2.45) is 11.7 Å². The van der Waals surface area contributed by atoms with Crippen LogP contribution in [0.25, 0.3) is 6.08 Å². The smallest absolute Gasteiger partial charge is 0.270 e. The number of nitrogens with zero attached hydrogens (tertiary/aromatic N) is 2. The lowest BCUT2D eigenvalue weighted by Crippen LogP contribution is -2.50. The standard InChI is InChI=1S/C31H41N5O3/c1-2-28(37)34-27(31(39)36-18-16-35(17-19-36)22-25-8-4-3-5-9-25)20-23-12-14-24(15-13-23)21-33-30(38)29(32)26-10-6-7-11-26/h3-5,8-9,12-15,20,26,29H,2,6-7,10-11,16-19,21-22,32H2,1H3,(H,33,38)(H,34,37)/b27-20+/t29-/m0/s1. The largest absolute Gasteiger partial charge is 0.351 e. The second-order valence-corrected chi connectivity index (χ2v) is 10.5. The lowest BCUT2D eigenvalue weighted by Gasteiger charge is -2.35. The van der Waals surface area contributed by atoms with Gasteiger partial charge in [0.1, 0.15) is 5.70 Å². The van der Waals surface area contributed by atoms with Crippen molar-refractivity contribution in [2.45, 2.75) is 58.2 Å². The summed E-state index contributed by atoms with van der Waals surface area (Å²) in [4.78, 5) is 42.2. The summed E-state index contributed by atoms with van der Waals surface area (Å²) >= 11 is 0. The van der Waals surface area contributed by atoms with E-state index in [9.17, 15) is 14.4 Å². The van der Waals surface area contributed by atoms with Crippen molar-refractivity contribution in [1.29, 1.82) is 0 Å². The summed E-state index contributed by atoms with van der Waals surface area (Å²) in [5, 5.41) is 5.75. The minimum atomic E-state index is -0.453. The molecule has 2 aromatic carbocycles. The topological polar surface area (TPSA) is 108 Å².